The molecule has 30 heavy (non-hydrogen) atoms. The summed E-state index contributed by atoms with van der Waals surface area (Å²) in [6, 6.07) is 22.3. The van der Waals surface area contributed by atoms with Crippen LogP contribution >= 0.6 is 11.3 Å². The van der Waals surface area contributed by atoms with Crippen LogP contribution in [0.1, 0.15) is 41.8 Å². The van der Waals surface area contributed by atoms with Gasteiger partial charge in [-0.2, -0.15) is 0 Å². The monoisotopic (exact) mass is 417 g/mol. The van der Waals surface area contributed by atoms with Gasteiger partial charge in [-0.15, -0.1) is 11.3 Å². The summed E-state index contributed by atoms with van der Waals surface area (Å²) >= 11 is 1.75. The van der Waals surface area contributed by atoms with Crippen LogP contribution in [0.3, 0.4) is 0 Å². The summed E-state index contributed by atoms with van der Waals surface area (Å²) in [7, 11) is 0. The maximum absolute atomic E-state index is 12.7. The van der Waals surface area contributed by atoms with Crippen molar-refractivity contribution >= 4 is 28.1 Å². The zero-order chi connectivity index (χ0) is 20.9. The summed E-state index contributed by atoms with van der Waals surface area (Å²) in [6.45, 7) is 4.63. The highest BCUT2D eigenvalue weighted by Gasteiger charge is 2.22. The van der Waals surface area contributed by atoms with Crippen LogP contribution < -0.4 is 10.6 Å². The van der Waals surface area contributed by atoms with Gasteiger partial charge in [-0.25, -0.2) is 0 Å². The highest BCUT2D eigenvalue weighted by molar-refractivity contribution is 7.10. The van der Waals surface area contributed by atoms with Crippen LogP contribution in [-0.4, -0.2) is 23.5 Å². The van der Waals surface area contributed by atoms with E-state index < -0.39 is 0 Å². The molecule has 0 aliphatic rings. The fourth-order valence-corrected chi connectivity index (χ4v) is 4.63. The molecule has 0 spiro atoms. The van der Waals surface area contributed by atoms with Crippen molar-refractivity contribution in [3.63, 3.8) is 0 Å². The van der Waals surface area contributed by atoms with E-state index >= 15 is 0 Å². The van der Waals surface area contributed by atoms with Crippen LogP contribution in [0.4, 0.5) is 0 Å². The van der Waals surface area contributed by atoms with Crippen molar-refractivity contribution in [2.45, 2.75) is 31.8 Å². The zero-order valence-corrected chi connectivity index (χ0v) is 18.1. The van der Waals surface area contributed by atoms with E-state index in [9.17, 15) is 4.79 Å². The van der Waals surface area contributed by atoms with E-state index in [-0.39, 0.29) is 23.9 Å². The molecular weight excluding hydrogens is 390 g/mol. The molecule has 0 saturated carbocycles. The van der Waals surface area contributed by atoms with Gasteiger partial charge in [0.1, 0.15) is 0 Å². The Hall–Kier alpha value is -2.89. The molecule has 0 unspecified atom stereocenters. The molecule has 2 aromatic heterocycles. The van der Waals surface area contributed by atoms with Crippen molar-refractivity contribution < 1.29 is 4.79 Å². The Morgan fingerprint density at radius 3 is 2.53 bits per heavy atom. The second kappa shape index (κ2) is 9.28. The summed E-state index contributed by atoms with van der Waals surface area (Å²) in [5, 5.41) is 9.91. The van der Waals surface area contributed by atoms with Crippen LogP contribution in [-0.2, 0) is 4.79 Å². The first-order chi connectivity index (χ1) is 14.6. The summed E-state index contributed by atoms with van der Waals surface area (Å²) in [4.78, 5) is 17.4. The summed E-state index contributed by atoms with van der Waals surface area (Å²) < 4.78 is 0. The number of rotatable bonds is 8. The topological polar surface area (TPSA) is 56.9 Å². The van der Waals surface area contributed by atoms with E-state index in [1.54, 1.807) is 11.3 Å². The van der Waals surface area contributed by atoms with Gasteiger partial charge in [0.2, 0.25) is 5.91 Å². The van der Waals surface area contributed by atoms with E-state index in [1.165, 1.54) is 15.8 Å². The molecule has 2 heterocycles. The molecule has 0 radical (unpaired) electrons. The third-order valence-corrected chi connectivity index (χ3v) is 6.55. The lowest BCUT2D eigenvalue weighted by molar-refractivity contribution is -0.123. The van der Waals surface area contributed by atoms with Crippen LogP contribution in [0, 0.1) is 0 Å². The molecule has 4 nitrogen and oxygen atoms in total. The number of benzene rings is 2. The van der Waals surface area contributed by atoms with Crippen molar-refractivity contribution in [1.29, 1.82) is 0 Å². The number of aromatic nitrogens is 1. The smallest absolute Gasteiger partial charge is 0.237 e. The number of hydrogen-bond acceptors (Lipinski definition) is 3. The molecule has 1 amide bonds. The van der Waals surface area contributed by atoms with Crippen molar-refractivity contribution in [1.82, 2.24) is 15.6 Å². The number of H-pyrrole nitrogens is 1. The molecule has 0 aliphatic carbocycles. The summed E-state index contributed by atoms with van der Waals surface area (Å²) in [6.07, 6.45) is 2.10. The lowest BCUT2D eigenvalue weighted by atomic mass is 9.96. The Bertz CT molecular complexity index is 1090. The highest BCUT2D eigenvalue weighted by Crippen LogP contribution is 2.32. The minimum Gasteiger partial charge on any atom is -0.361 e. The average Bonchev–Trinajstić information content (AvgIpc) is 3.45. The van der Waals surface area contributed by atoms with Crippen LogP contribution in [0.5, 0.6) is 0 Å². The molecule has 0 saturated heterocycles. The van der Waals surface area contributed by atoms with E-state index in [1.807, 2.05) is 50.2 Å². The van der Waals surface area contributed by atoms with Crippen molar-refractivity contribution in [2.24, 2.45) is 0 Å². The number of nitrogens with one attached hydrogen (secondary N) is 3. The third-order valence-electron chi connectivity index (χ3n) is 5.56. The van der Waals surface area contributed by atoms with E-state index in [4.69, 9.17) is 0 Å². The highest BCUT2D eigenvalue weighted by atomic mass is 32.1. The molecule has 4 rings (SSSR count). The summed E-state index contributed by atoms with van der Waals surface area (Å²) in [5.41, 5.74) is 3.50. The van der Waals surface area contributed by atoms with Gasteiger partial charge in [-0.1, -0.05) is 54.6 Å². The molecule has 154 valence electrons. The molecule has 0 bridgehead atoms. The average molecular weight is 418 g/mol. The lowest BCUT2D eigenvalue weighted by Gasteiger charge is -2.22. The largest absolute Gasteiger partial charge is 0.361 e. The Morgan fingerprint density at radius 1 is 1.00 bits per heavy atom. The van der Waals surface area contributed by atoms with Crippen molar-refractivity contribution in [3.8, 4) is 0 Å². The van der Waals surface area contributed by atoms with E-state index in [0.717, 1.165) is 11.1 Å². The van der Waals surface area contributed by atoms with Crippen LogP contribution in [0.15, 0.2) is 78.3 Å². The number of thiophene rings is 1. The first-order valence-electron chi connectivity index (χ1n) is 10.3. The van der Waals surface area contributed by atoms with Gasteiger partial charge in [0.25, 0.3) is 0 Å². The molecule has 0 aliphatic heterocycles. The zero-order valence-electron chi connectivity index (χ0n) is 17.3. The molecule has 3 atom stereocenters. The van der Waals surface area contributed by atoms with Gasteiger partial charge in [0.05, 0.1) is 12.1 Å². The predicted molar refractivity (Wildman–Crippen MR) is 125 cm³/mol. The molecule has 2 aromatic carbocycles. The summed E-state index contributed by atoms with van der Waals surface area (Å²) in [5.74, 6) is 0.193. The standard InChI is InChI=1S/C25H27N3OS/c1-17(19-9-4-3-5-10-19)28-25(29)18(2)26-16-22(24-13-8-14-30-24)21-15-27-23-12-7-6-11-20(21)23/h3-15,17-18,22,26-27H,16H2,1-2H3,(H,28,29)/t17-,18-,22+/m0/s1. The number of carbonyl (C=O) groups excluding carboxylic acids is 1. The van der Waals surface area contributed by atoms with E-state index in [0.29, 0.717) is 6.54 Å². The molecule has 4 aromatic rings. The first-order valence-corrected chi connectivity index (χ1v) is 11.2. The number of aromatic amines is 1. The fraction of sp³-hybridized carbons (Fsp3) is 0.240. The number of hydrogen-bond donors (Lipinski definition) is 3. The minimum absolute atomic E-state index is 0.00945. The van der Waals surface area contributed by atoms with Gasteiger partial charge in [-0.05, 0) is 42.5 Å². The maximum atomic E-state index is 12.7. The number of para-hydroxylation sites is 1. The Labute approximate surface area is 181 Å². The van der Waals surface area contributed by atoms with Gasteiger partial charge in [-0.3, -0.25) is 4.79 Å². The van der Waals surface area contributed by atoms with Gasteiger partial charge in [0, 0.05) is 34.4 Å². The molecule has 3 N–H and O–H groups in total. The number of amides is 1. The van der Waals surface area contributed by atoms with Crippen molar-refractivity contribution in [2.75, 3.05) is 6.54 Å². The number of carbonyl (C=O) groups is 1. The molecule has 0 fully saturated rings. The minimum atomic E-state index is -0.288. The predicted octanol–water partition coefficient (Wildman–Crippen LogP) is 5.22. The lowest BCUT2D eigenvalue weighted by Crippen LogP contribution is -2.44. The van der Waals surface area contributed by atoms with Gasteiger partial charge < -0.3 is 15.6 Å². The SMILES string of the molecule is C[C@H](NC[C@@H](c1cccs1)c1c[nH]c2ccccc12)C(=O)N[C@@H](C)c1ccccc1. The Morgan fingerprint density at radius 2 is 1.77 bits per heavy atom. The van der Waals surface area contributed by atoms with Crippen LogP contribution in [0.25, 0.3) is 10.9 Å². The maximum Gasteiger partial charge on any atom is 0.237 e. The molecular formula is C25H27N3OS. The Kier molecular flexibility index (Phi) is 6.31. The quantitative estimate of drug-likeness (QED) is 0.368. The normalized spacial score (nSPS) is 14.3. The first kappa shape index (κ1) is 20.4. The van der Waals surface area contributed by atoms with Gasteiger partial charge in [0.15, 0.2) is 0 Å². The Balaban J connectivity index is 1.46. The van der Waals surface area contributed by atoms with Gasteiger partial charge >= 0.3 is 0 Å². The fourth-order valence-electron chi connectivity index (χ4n) is 3.79. The number of fused-ring (bicyclic) bond motifs is 1. The molecule has 5 heteroatoms. The van der Waals surface area contributed by atoms with Crippen molar-refractivity contribution in [3.05, 3.63) is 94.3 Å². The second-order valence-electron chi connectivity index (χ2n) is 7.63. The second-order valence-corrected chi connectivity index (χ2v) is 8.61. The third kappa shape index (κ3) is 4.48. The van der Waals surface area contributed by atoms with Crippen LogP contribution in [0.2, 0.25) is 0 Å². The van der Waals surface area contributed by atoms with E-state index in [2.05, 4.69) is 57.5 Å².